The Hall–Kier alpha value is -4.07. The molecule has 30 heavy (non-hydrogen) atoms. The predicted octanol–water partition coefficient (Wildman–Crippen LogP) is 2.29. The standard InChI is InChI=1S/C22H18N6O2/c1-14-24-22-25-17-9-11-27(13-15-6-5-10-23-12-15)21(29)19(17)20(28(22)26-14)16-7-3-4-8-18(16)30-2/h3-12H,13H2,1-2H3/p+1. The van der Waals surface area contributed by atoms with E-state index < -0.39 is 0 Å². The van der Waals surface area contributed by atoms with E-state index in [1.165, 1.54) is 0 Å². The maximum absolute atomic E-state index is 13.6. The van der Waals surface area contributed by atoms with Crippen LogP contribution in [0.2, 0.25) is 0 Å². The highest BCUT2D eigenvalue weighted by Gasteiger charge is 2.25. The fourth-order valence-electron chi connectivity index (χ4n) is 3.68. The Kier molecular flexibility index (Phi) is 4.24. The van der Waals surface area contributed by atoms with Gasteiger partial charge in [-0.3, -0.25) is 9.78 Å². The molecule has 148 valence electrons. The number of methoxy groups -OCH3 is 1. The number of benzene rings is 1. The van der Waals surface area contributed by atoms with E-state index in [1.54, 1.807) is 34.8 Å². The second kappa shape index (κ2) is 7.07. The fourth-order valence-corrected chi connectivity index (χ4v) is 3.68. The number of pyridine rings is 2. The van der Waals surface area contributed by atoms with E-state index in [-0.39, 0.29) is 5.56 Å². The summed E-state index contributed by atoms with van der Waals surface area (Å²) in [6.07, 6.45) is 5.23. The van der Waals surface area contributed by atoms with Crippen LogP contribution in [0, 0.1) is 6.92 Å². The summed E-state index contributed by atoms with van der Waals surface area (Å²) in [6.45, 7) is 2.27. The van der Waals surface area contributed by atoms with Gasteiger partial charge in [0.05, 0.1) is 19.2 Å². The molecule has 5 aromatic rings. The lowest BCUT2D eigenvalue weighted by Crippen LogP contribution is -2.32. The molecule has 0 aliphatic heterocycles. The van der Waals surface area contributed by atoms with E-state index in [0.717, 1.165) is 11.1 Å². The lowest BCUT2D eigenvalue weighted by molar-refractivity contribution is -0.567. The van der Waals surface area contributed by atoms with Crippen molar-refractivity contribution in [2.45, 2.75) is 13.5 Å². The summed E-state index contributed by atoms with van der Waals surface area (Å²) in [5.74, 6) is 1.85. The van der Waals surface area contributed by atoms with Crippen molar-refractivity contribution in [2.24, 2.45) is 0 Å². The van der Waals surface area contributed by atoms with Crippen molar-refractivity contribution in [2.75, 3.05) is 7.11 Å². The Morgan fingerprint density at radius 3 is 2.80 bits per heavy atom. The first kappa shape index (κ1) is 18.0. The largest absolute Gasteiger partial charge is 0.496 e. The molecule has 0 fully saturated rings. The zero-order chi connectivity index (χ0) is 20.7. The molecule has 0 radical (unpaired) electrons. The highest BCUT2D eigenvalue weighted by Crippen LogP contribution is 2.30. The van der Waals surface area contributed by atoms with Gasteiger partial charge in [0.2, 0.25) is 5.82 Å². The van der Waals surface area contributed by atoms with E-state index in [2.05, 4.69) is 20.1 Å². The number of aryl methyl sites for hydroxylation is 1. The number of fused-ring (bicyclic) bond motifs is 2. The number of rotatable bonds is 4. The molecule has 0 saturated carbocycles. The van der Waals surface area contributed by atoms with Crippen LogP contribution in [0.15, 0.2) is 65.8 Å². The monoisotopic (exact) mass is 399 g/mol. The minimum Gasteiger partial charge on any atom is -0.496 e. The summed E-state index contributed by atoms with van der Waals surface area (Å²) in [4.78, 5) is 26.8. The third kappa shape index (κ3) is 2.89. The number of hydrogen-bond donors (Lipinski definition) is 1. The van der Waals surface area contributed by atoms with Crippen LogP contribution in [0.3, 0.4) is 0 Å². The fraction of sp³-hybridized carbons (Fsp3) is 0.136. The summed E-state index contributed by atoms with van der Waals surface area (Å²) in [5.41, 5.74) is 2.82. The number of para-hydroxylation sites is 1. The van der Waals surface area contributed by atoms with Gasteiger partial charge >= 0.3 is 5.78 Å². The average molecular weight is 399 g/mol. The Bertz CT molecular complexity index is 1440. The lowest BCUT2D eigenvalue weighted by Gasteiger charge is -2.11. The number of ether oxygens (including phenoxy) is 1. The molecule has 8 heteroatoms. The molecule has 4 aromatic heterocycles. The van der Waals surface area contributed by atoms with E-state index in [4.69, 9.17) is 4.74 Å². The number of H-pyrrole nitrogens is 1. The molecule has 0 bridgehead atoms. The average Bonchev–Trinajstić information content (AvgIpc) is 3.14. The van der Waals surface area contributed by atoms with Crippen molar-refractivity contribution in [3.05, 3.63) is 82.8 Å². The van der Waals surface area contributed by atoms with Gasteiger partial charge in [-0.05, 0) is 29.8 Å². The van der Waals surface area contributed by atoms with Crippen molar-refractivity contribution < 1.29 is 9.25 Å². The van der Waals surface area contributed by atoms with Crippen molar-refractivity contribution in [1.82, 2.24) is 24.6 Å². The summed E-state index contributed by atoms with van der Waals surface area (Å²) >= 11 is 0. The Morgan fingerprint density at radius 2 is 2.00 bits per heavy atom. The van der Waals surface area contributed by atoms with Crippen molar-refractivity contribution in [1.29, 1.82) is 0 Å². The van der Waals surface area contributed by atoms with Gasteiger partial charge in [-0.2, -0.15) is 0 Å². The molecular weight excluding hydrogens is 380 g/mol. The van der Waals surface area contributed by atoms with Crippen LogP contribution in [0.25, 0.3) is 27.9 Å². The molecule has 0 unspecified atom stereocenters. The number of nitrogens with one attached hydrogen (secondary N) is 1. The SMILES string of the molecule is COc1ccccc1-c1c2c(=O)n(Cc3cccnc3)ccc2nc2nc(C)[nH][n+]12. The highest BCUT2D eigenvalue weighted by molar-refractivity contribution is 5.92. The van der Waals surface area contributed by atoms with E-state index in [0.29, 0.717) is 40.5 Å². The van der Waals surface area contributed by atoms with Crippen LogP contribution in [0.5, 0.6) is 5.75 Å². The zero-order valence-corrected chi connectivity index (χ0v) is 16.5. The summed E-state index contributed by atoms with van der Waals surface area (Å²) in [5, 5.41) is 3.69. The third-order valence-electron chi connectivity index (χ3n) is 5.00. The Balaban J connectivity index is 1.86. The van der Waals surface area contributed by atoms with E-state index >= 15 is 0 Å². The third-order valence-corrected chi connectivity index (χ3v) is 5.00. The smallest absolute Gasteiger partial charge is 0.458 e. The van der Waals surface area contributed by atoms with Gasteiger partial charge in [-0.15, -0.1) is 4.52 Å². The molecule has 0 atom stereocenters. The number of hydrogen-bond acceptors (Lipinski definition) is 5. The van der Waals surface area contributed by atoms with Crippen molar-refractivity contribution >= 4 is 16.7 Å². The van der Waals surface area contributed by atoms with Gasteiger partial charge in [0, 0.05) is 25.5 Å². The van der Waals surface area contributed by atoms with Crippen LogP contribution >= 0.6 is 0 Å². The first-order valence-electron chi connectivity index (χ1n) is 9.49. The molecule has 0 spiro atoms. The van der Waals surface area contributed by atoms with Gasteiger partial charge in [0.25, 0.3) is 5.56 Å². The predicted molar refractivity (Wildman–Crippen MR) is 111 cm³/mol. The lowest BCUT2D eigenvalue weighted by atomic mass is 10.1. The van der Waals surface area contributed by atoms with Crippen molar-refractivity contribution in [3.63, 3.8) is 0 Å². The second-order valence-corrected chi connectivity index (χ2v) is 6.98. The van der Waals surface area contributed by atoms with Gasteiger partial charge in [-0.25, -0.2) is 5.10 Å². The molecule has 0 aliphatic carbocycles. The van der Waals surface area contributed by atoms with Crippen LogP contribution in [-0.2, 0) is 6.54 Å². The minimum absolute atomic E-state index is 0.147. The molecule has 4 heterocycles. The minimum atomic E-state index is -0.147. The number of nitrogens with zero attached hydrogens (tertiary/aromatic N) is 5. The first-order valence-corrected chi connectivity index (χ1v) is 9.49. The molecule has 1 N–H and O–H groups in total. The Labute approximate surface area is 171 Å². The van der Waals surface area contributed by atoms with Crippen LogP contribution in [-0.4, -0.2) is 31.7 Å². The normalized spacial score (nSPS) is 11.3. The summed E-state index contributed by atoms with van der Waals surface area (Å²) < 4.78 is 8.99. The van der Waals surface area contributed by atoms with Crippen LogP contribution in [0.4, 0.5) is 0 Å². The van der Waals surface area contributed by atoms with Gasteiger partial charge in [0.15, 0.2) is 11.2 Å². The molecule has 0 saturated heterocycles. The van der Waals surface area contributed by atoms with E-state index in [1.807, 2.05) is 49.4 Å². The molecule has 5 rings (SSSR count). The molecule has 0 amide bonds. The van der Waals surface area contributed by atoms with Gasteiger partial charge in [0.1, 0.15) is 11.1 Å². The van der Waals surface area contributed by atoms with Gasteiger partial charge < -0.3 is 9.30 Å². The van der Waals surface area contributed by atoms with Gasteiger partial charge in [-0.1, -0.05) is 28.2 Å². The zero-order valence-electron chi connectivity index (χ0n) is 16.5. The Morgan fingerprint density at radius 1 is 1.13 bits per heavy atom. The van der Waals surface area contributed by atoms with Crippen LogP contribution < -0.4 is 14.8 Å². The maximum Gasteiger partial charge on any atom is 0.458 e. The molecule has 0 aliphatic rings. The van der Waals surface area contributed by atoms with Crippen LogP contribution in [0.1, 0.15) is 11.4 Å². The van der Waals surface area contributed by atoms with E-state index in [9.17, 15) is 4.79 Å². The van der Waals surface area contributed by atoms with Crippen molar-refractivity contribution in [3.8, 4) is 17.0 Å². The summed E-state index contributed by atoms with van der Waals surface area (Å²) in [6, 6.07) is 13.2. The highest BCUT2D eigenvalue weighted by atomic mass is 16.5. The molecular formula is C22H19N6O2+. The first-order chi connectivity index (χ1) is 14.7. The topological polar surface area (TPSA) is 89.8 Å². The maximum atomic E-state index is 13.6. The molecule has 1 aromatic carbocycles. The second-order valence-electron chi connectivity index (χ2n) is 6.98. The molecule has 8 nitrogen and oxygen atoms in total. The quantitative estimate of drug-likeness (QED) is 0.468. The summed E-state index contributed by atoms with van der Waals surface area (Å²) in [7, 11) is 1.61. The number of aromatic nitrogens is 6. The number of aromatic amines is 1.